The van der Waals surface area contributed by atoms with Crippen LogP contribution in [0.1, 0.15) is 0 Å². The third kappa shape index (κ3) is 3.32. The van der Waals surface area contributed by atoms with Gasteiger partial charge >= 0.3 is 0 Å². The van der Waals surface area contributed by atoms with E-state index < -0.39 is 21.7 Å². The van der Waals surface area contributed by atoms with Gasteiger partial charge < -0.3 is 4.98 Å². The number of hydrogen-bond donors (Lipinski definition) is 2. The SMILES string of the molecule is O=S(=O)(Nc1ccccc1Cl)c1ccc2[nH]c(-c3c(F)cccc3F)nc2c1. The highest BCUT2D eigenvalue weighted by atomic mass is 35.5. The predicted octanol–water partition coefficient (Wildman–Crippen LogP) is 4.96. The molecule has 0 aliphatic carbocycles. The lowest BCUT2D eigenvalue weighted by Crippen LogP contribution is -2.13. The van der Waals surface area contributed by atoms with E-state index in [2.05, 4.69) is 14.7 Å². The molecule has 0 unspecified atom stereocenters. The van der Waals surface area contributed by atoms with Crippen molar-refractivity contribution in [2.75, 3.05) is 4.72 Å². The first kappa shape index (κ1) is 18.4. The number of hydrogen-bond acceptors (Lipinski definition) is 3. The minimum atomic E-state index is -3.94. The molecule has 0 aliphatic rings. The van der Waals surface area contributed by atoms with Gasteiger partial charge in [0.1, 0.15) is 17.5 Å². The van der Waals surface area contributed by atoms with Crippen molar-refractivity contribution in [3.8, 4) is 11.4 Å². The van der Waals surface area contributed by atoms with Gasteiger partial charge in [0.2, 0.25) is 0 Å². The van der Waals surface area contributed by atoms with Crippen LogP contribution in [0.25, 0.3) is 22.4 Å². The highest BCUT2D eigenvalue weighted by Crippen LogP contribution is 2.28. The average molecular weight is 420 g/mol. The first-order valence-corrected chi connectivity index (χ1v) is 9.93. The summed E-state index contributed by atoms with van der Waals surface area (Å²) in [6, 6.07) is 14.1. The van der Waals surface area contributed by atoms with Crippen molar-refractivity contribution in [2.45, 2.75) is 4.90 Å². The van der Waals surface area contributed by atoms with E-state index in [0.29, 0.717) is 5.52 Å². The van der Waals surface area contributed by atoms with Crippen LogP contribution in [0.15, 0.2) is 65.6 Å². The summed E-state index contributed by atoms with van der Waals surface area (Å²) in [6.07, 6.45) is 0. The molecule has 4 rings (SSSR count). The molecule has 9 heteroatoms. The molecule has 0 bridgehead atoms. The van der Waals surface area contributed by atoms with Crippen LogP contribution in [0.5, 0.6) is 0 Å². The van der Waals surface area contributed by atoms with E-state index in [9.17, 15) is 17.2 Å². The quantitative estimate of drug-likeness (QED) is 0.490. The van der Waals surface area contributed by atoms with E-state index in [-0.39, 0.29) is 32.5 Å². The minimum Gasteiger partial charge on any atom is -0.338 e. The van der Waals surface area contributed by atoms with E-state index in [0.717, 1.165) is 12.1 Å². The summed E-state index contributed by atoms with van der Waals surface area (Å²) in [4.78, 5) is 6.89. The Morgan fingerprint density at radius 2 is 1.68 bits per heavy atom. The summed E-state index contributed by atoms with van der Waals surface area (Å²) in [7, 11) is -3.94. The van der Waals surface area contributed by atoms with Crippen LogP contribution < -0.4 is 4.72 Å². The first-order chi connectivity index (χ1) is 13.3. The Hall–Kier alpha value is -2.97. The predicted molar refractivity (Wildman–Crippen MR) is 104 cm³/mol. The summed E-state index contributed by atoms with van der Waals surface area (Å²) in [5.74, 6) is -1.57. The molecule has 0 fully saturated rings. The van der Waals surface area contributed by atoms with Gasteiger partial charge in [0.25, 0.3) is 10.0 Å². The van der Waals surface area contributed by atoms with Gasteiger partial charge in [-0.1, -0.05) is 29.8 Å². The standard InChI is InChI=1S/C19H12ClF2N3O2S/c20-12-4-1-2-7-15(12)25-28(26,27)11-8-9-16-17(10-11)24-19(23-16)18-13(21)5-3-6-14(18)22/h1-10,25H,(H,23,24). The minimum absolute atomic E-state index is 0.0285. The van der Waals surface area contributed by atoms with Crippen LogP contribution in [-0.4, -0.2) is 18.4 Å². The van der Waals surface area contributed by atoms with Crippen LogP contribution in [0.2, 0.25) is 5.02 Å². The Labute approximate surface area is 164 Å². The van der Waals surface area contributed by atoms with E-state index in [1.165, 1.54) is 30.3 Å². The lowest BCUT2D eigenvalue weighted by Gasteiger charge is -2.09. The highest BCUT2D eigenvalue weighted by molar-refractivity contribution is 7.92. The van der Waals surface area contributed by atoms with Gasteiger partial charge in [-0.05, 0) is 42.5 Å². The number of benzene rings is 3. The fourth-order valence-electron chi connectivity index (χ4n) is 2.74. The molecule has 142 valence electrons. The Balaban J connectivity index is 1.75. The van der Waals surface area contributed by atoms with E-state index in [1.807, 2.05) is 0 Å². The number of fused-ring (bicyclic) bond motifs is 1. The Morgan fingerprint density at radius 3 is 2.39 bits per heavy atom. The maximum atomic E-state index is 14.0. The maximum Gasteiger partial charge on any atom is 0.262 e. The summed E-state index contributed by atoms with van der Waals surface area (Å²) >= 11 is 6.00. The number of sulfonamides is 1. The van der Waals surface area contributed by atoms with Crippen molar-refractivity contribution in [1.82, 2.24) is 9.97 Å². The zero-order valence-corrected chi connectivity index (χ0v) is 15.7. The summed E-state index contributed by atoms with van der Waals surface area (Å²) < 4.78 is 55.7. The smallest absolute Gasteiger partial charge is 0.262 e. The molecule has 5 nitrogen and oxygen atoms in total. The van der Waals surface area contributed by atoms with Crippen LogP contribution >= 0.6 is 11.6 Å². The Bertz CT molecular complexity index is 1290. The maximum absolute atomic E-state index is 14.0. The van der Waals surface area contributed by atoms with Crippen LogP contribution in [0.4, 0.5) is 14.5 Å². The second kappa shape index (κ2) is 6.88. The topological polar surface area (TPSA) is 74.8 Å². The monoisotopic (exact) mass is 419 g/mol. The van der Waals surface area contributed by atoms with Gasteiger partial charge in [-0.2, -0.15) is 0 Å². The molecule has 1 heterocycles. The molecule has 0 amide bonds. The van der Waals surface area contributed by atoms with Gasteiger partial charge in [-0.15, -0.1) is 0 Å². The molecule has 0 saturated heterocycles. The van der Waals surface area contributed by atoms with Crippen molar-refractivity contribution < 1.29 is 17.2 Å². The van der Waals surface area contributed by atoms with Gasteiger partial charge in [0.05, 0.1) is 32.2 Å². The van der Waals surface area contributed by atoms with Crippen molar-refractivity contribution in [3.63, 3.8) is 0 Å². The van der Waals surface area contributed by atoms with Crippen LogP contribution in [0, 0.1) is 11.6 Å². The Morgan fingerprint density at radius 1 is 0.964 bits per heavy atom. The number of anilines is 1. The number of aromatic amines is 1. The average Bonchev–Trinajstić information content (AvgIpc) is 3.06. The number of aromatic nitrogens is 2. The van der Waals surface area contributed by atoms with Gasteiger partial charge in [-0.25, -0.2) is 22.2 Å². The lowest BCUT2D eigenvalue weighted by molar-refractivity contribution is 0.588. The molecule has 2 N–H and O–H groups in total. The number of para-hydroxylation sites is 1. The van der Waals surface area contributed by atoms with Gasteiger partial charge in [0, 0.05) is 0 Å². The molecular formula is C19H12ClF2N3O2S. The second-order valence-electron chi connectivity index (χ2n) is 5.95. The molecule has 0 aliphatic heterocycles. The molecular weight excluding hydrogens is 408 g/mol. The number of imidazole rings is 1. The van der Waals surface area contributed by atoms with E-state index >= 15 is 0 Å². The highest BCUT2D eigenvalue weighted by Gasteiger charge is 2.19. The van der Waals surface area contributed by atoms with E-state index in [4.69, 9.17) is 11.6 Å². The van der Waals surface area contributed by atoms with Crippen molar-refractivity contribution >= 4 is 38.3 Å². The Kier molecular flexibility index (Phi) is 4.52. The second-order valence-corrected chi connectivity index (χ2v) is 8.04. The molecule has 4 aromatic rings. The fraction of sp³-hybridized carbons (Fsp3) is 0. The van der Waals surface area contributed by atoms with Crippen molar-refractivity contribution in [3.05, 3.63) is 77.3 Å². The van der Waals surface area contributed by atoms with Gasteiger partial charge in [0.15, 0.2) is 0 Å². The zero-order chi connectivity index (χ0) is 19.9. The normalized spacial score (nSPS) is 11.7. The van der Waals surface area contributed by atoms with Crippen LogP contribution in [0.3, 0.4) is 0 Å². The van der Waals surface area contributed by atoms with E-state index in [1.54, 1.807) is 18.2 Å². The summed E-state index contributed by atoms with van der Waals surface area (Å²) in [5.41, 5.74) is 0.617. The number of halogens is 3. The molecule has 1 aromatic heterocycles. The number of nitrogens with zero attached hydrogens (tertiary/aromatic N) is 1. The largest absolute Gasteiger partial charge is 0.338 e. The first-order valence-electron chi connectivity index (χ1n) is 8.07. The molecule has 0 atom stereocenters. The van der Waals surface area contributed by atoms with Crippen molar-refractivity contribution in [1.29, 1.82) is 0 Å². The number of nitrogens with one attached hydrogen (secondary N) is 2. The number of H-pyrrole nitrogens is 1. The fourth-order valence-corrected chi connectivity index (χ4v) is 4.08. The molecule has 0 radical (unpaired) electrons. The van der Waals surface area contributed by atoms with Gasteiger partial charge in [-0.3, -0.25) is 4.72 Å². The lowest BCUT2D eigenvalue weighted by atomic mass is 10.2. The third-order valence-corrected chi connectivity index (χ3v) is 5.78. The molecule has 0 saturated carbocycles. The number of rotatable bonds is 4. The molecule has 0 spiro atoms. The summed E-state index contributed by atoms with van der Waals surface area (Å²) in [6.45, 7) is 0. The molecule has 3 aromatic carbocycles. The zero-order valence-electron chi connectivity index (χ0n) is 14.1. The van der Waals surface area contributed by atoms with Crippen LogP contribution in [-0.2, 0) is 10.0 Å². The van der Waals surface area contributed by atoms with Crippen molar-refractivity contribution in [2.24, 2.45) is 0 Å². The third-order valence-electron chi connectivity index (χ3n) is 4.08. The summed E-state index contributed by atoms with van der Waals surface area (Å²) in [5, 5.41) is 0.254. The molecule has 28 heavy (non-hydrogen) atoms.